The Kier molecular flexibility index (Phi) is 7.51. The van der Waals surface area contributed by atoms with Crippen molar-refractivity contribution in [3.8, 4) is 11.5 Å². The SMILES string of the molecule is CCOc1cc(/C=C2/SC(=S)N(CC)C2=O)ccc1OCC(=O)N1CCOCC1. The summed E-state index contributed by atoms with van der Waals surface area (Å²) in [6.45, 7) is 6.97. The maximum absolute atomic E-state index is 12.4. The van der Waals surface area contributed by atoms with E-state index in [-0.39, 0.29) is 18.4 Å². The van der Waals surface area contributed by atoms with E-state index in [1.54, 1.807) is 28.0 Å². The van der Waals surface area contributed by atoms with Gasteiger partial charge >= 0.3 is 0 Å². The first-order valence-corrected chi connectivity index (χ1v) is 10.8. The summed E-state index contributed by atoms with van der Waals surface area (Å²) in [4.78, 5) is 28.6. The monoisotopic (exact) mass is 436 g/mol. The number of carbonyl (C=O) groups is 2. The van der Waals surface area contributed by atoms with Crippen LogP contribution in [-0.4, -0.2) is 72.0 Å². The molecule has 2 amide bonds. The van der Waals surface area contributed by atoms with Crippen LogP contribution in [0.5, 0.6) is 11.5 Å². The number of carbonyl (C=O) groups excluding carboxylic acids is 2. The Morgan fingerprint density at radius 3 is 2.66 bits per heavy atom. The van der Waals surface area contributed by atoms with Crippen molar-refractivity contribution in [2.75, 3.05) is 46.1 Å². The first-order chi connectivity index (χ1) is 14.0. The van der Waals surface area contributed by atoms with E-state index >= 15 is 0 Å². The molecule has 0 unspecified atom stereocenters. The summed E-state index contributed by atoms with van der Waals surface area (Å²) >= 11 is 6.54. The third kappa shape index (κ3) is 5.29. The second kappa shape index (κ2) is 10.1. The molecule has 0 aromatic heterocycles. The van der Waals surface area contributed by atoms with Crippen molar-refractivity contribution in [1.29, 1.82) is 0 Å². The molecule has 29 heavy (non-hydrogen) atoms. The molecule has 0 saturated carbocycles. The summed E-state index contributed by atoms with van der Waals surface area (Å²) in [5.41, 5.74) is 0.803. The first-order valence-electron chi connectivity index (χ1n) is 9.54. The number of benzene rings is 1. The molecule has 3 rings (SSSR count). The van der Waals surface area contributed by atoms with Gasteiger partial charge in [0, 0.05) is 19.6 Å². The van der Waals surface area contributed by atoms with Crippen LogP contribution in [0.25, 0.3) is 6.08 Å². The van der Waals surface area contributed by atoms with Gasteiger partial charge in [-0.3, -0.25) is 14.5 Å². The maximum Gasteiger partial charge on any atom is 0.266 e. The predicted octanol–water partition coefficient (Wildman–Crippen LogP) is 2.54. The molecule has 0 atom stereocenters. The average Bonchev–Trinajstić information content (AvgIpc) is 3.00. The lowest BCUT2D eigenvalue weighted by atomic mass is 10.2. The van der Waals surface area contributed by atoms with Crippen LogP contribution < -0.4 is 9.47 Å². The minimum absolute atomic E-state index is 0.0609. The van der Waals surface area contributed by atoms with Gasteiger partial charge in [-0.15, -0.1) is 0 Å². The Bertz CT molecular complexity index is 821. The van der Waals surface area contributed by atoms with Crippen molar-refractivity contribution >= 4 is 46.2 Å². The summed E-state index contributed by atoms with van der Waals surface area (Å²) in [5, 5.41) is 0. The number of thioether (sulfide) groups is 1. The van der Waals surface area contributed by atoms with Crippen LogP contribution in [0.15, 0.2) is 23.1 Å². The molecule has 156 valence electrons. The molecule has 0 N–H and O–H groups in total. The highest BCUT2D eigenvalue weighted by molar-refractivity contribution is 8.26. The zero-order chi connectivity index (χ0) is 20.8. The third-order valence-electron chi connectivity index (χ3n) is 4.47. The van der Waals surface area contributed by atoms with Gasteiger partial charge in [0.05, 0.1) is 24.7 Å². The van der Waals surface area contributed by atoms with Crippen LogP contribution >= 0.6 is 24.0 Å². The molecule has 9 heteroatoms. The molecule has 2 heterocycles. The number of ether oxygens (including phenoxy) is 3. The average molecular weight is 437 g/mol. The highest BCUT2D eigenvalue weighted by atomic mass is 32.2. The summed E-state index contributed by atoms with van der Waals surface area (Å²) in [7, 11) is 0. The van der Waals surface area contributed by atoms with Crippen LogP contribution in [0.1, 0.15) is 19.4 Å². The van der Waals surface area contributed by atoms with Crippen molar-refractivity contribution in [2.24, 2.45) is 0 Å². The number of hydrogen-bond acceptors (Lipinski definition) is 7. The Labute approximate surface area is 180 Å². The van der Waals surface area contributed by atoms with E-state index in [1.807, 2.05) is 19.9 Å². The molecule has 1 aromatic carbocycles. The molecule has 0 radical (unpaired) electrons. The van der Waals surface area contributed by atoms with Crippen LogP contribution in [0.3, 0.4) is 0 Å². The maximum atomic E-state index is 12.4. The zero-order valence-electron chi connectivity index (χ0n) is 16.5. The fraction of sp³-hybridized carbons (Fsp3) is 0.450. The van der Waals surface area contributed by atoms with Crippen LogP contribution in [0.4, 0.5) is 0 Å². The largest absolute Gasteiger partial charge is 0.490 e. The second-order valence-corrected chi connectivity index (χ2v) is 8.02. The molecule has 2 aliphatic rings. The van der Waals surface area contributed by atoms with Gasteiger partial charge in [-0.1, -0.05) is 30.0 Å². The van der Waals surface area contributed by atoms with Gasteiger partial charge in [-0.25, -0.2) is 0 Å². The molecule has 2 aliphatic heterocycles. The van der Waals surface area contributed by atoms with Crippen LogP contribution in [-0.2, 0) is 14.3 Å². The normalized spacial score (nSPS) is 18.5. The van der Waals surface area contributed by atoms with Crippen molar-refractivity contribution < 1.29 is 23.8 Å². The van der Waals surface area contributed by atoms with E-state index in [4.69, 9.17) is 26.4 Å². The summed E-state index contributed by atoms with van der Waals surface area (Å²) in [6.07, 6.45) is 1.79. The first kappa shape index (κ1) is 21.6. The van der Waals surface area contributed by atoms with Gasteiger partial charge in [-0.05, 0) is 37.6 Å². The number of thiocarbonyl (C=S) groups is 1. The lowest BCUT2D eigenvalue weighted by Gasteiger charge is -2.26. The zero-order valence-corrected chi connectivity index (χ0v) is 18.1. The molecular formula is C20H24N2O5S2. The second-order valence-electron chi connectivity index (χ2n) is 6.35. The van der Waals surface area contributed by atoms with Gasteiger partial charge in [0.1, 0.15) is 4.32 Å². The number of nitrogens with zero attached hydrogens (tertiary/aromatic N) is 2. The lowest BCUT2D eigenvalue weighted by molar-refractivity contribution is -0.137. The third-order valence-corrected chi connectivity index (χ3v) is 5.85. The quantitative estimate of drug-likeness (QED) is 0.481. The molecular weight excluding hydrogens is 412 g/mol. The van der Waals surface area contributed by atoms with Crippen LogP contribution in [0, 0.1) is 0 Å². The van der Waals surface area contributed by atoms with Crippen molar-refractivity contribution in [1.82, 2.24) is 9.80 Å². The van der Waals surface area contributed by atoms with E-state index in [0.29, 0.717) is 60.2 Å². The number of hydrogen-bond donors (Lipinski definition) is 0. The van der Waals surface area contributed by atoms with Gasteiger partial charge < -0.3 is 19.1 Å². The molecule has 0 bridgehead atoms. The molecule has 0 aliphatic carbocycles. The highest BCUT2D eigenvalue weighted by Gasteiger charge is 2.30. The Balaban J connectivity index is 1.71. The number of likely N-dealkylation sites (N-methyl/N-ethyl adjacent to an activating group) is 1. The minimum Gasteiger partial charge on any atom is -0.490 e. The number of rotatable bonds is 7. The van der Waals surface area contributed by atoms with E-state index in [9.17, 15) is 9.59 Å². The lowest BCUT2D eigenvalue weighted by Crippen LogP contribution is -2.43. The summed E-state index contributed by atoms with van der Waals surface area (Å²) in [6, 6.07) is 5.39. The molecule has 1 aromatic rings. The van der Waals surface area contributed by atoms with Crippen molar-refractivity contribution in [3.05, 3.63) is 28.7 Å². The topological polar surface area (TPSA) is 68.3 Å². The summed E-state index contributed by atoms with van der Waals surface area (Å²) < 4.78 is 17.2. The fourth-order valence-corrected chi connectivity index (χ4v) is 4.35. The standard InChI is InChI=1S/C20H24N2O5S2/c1-3-22-19(24)17(29-20(22)28)12-14-5-6-15(16(11-14)26-4-2)27-13-18(23)21-7-9-25-10-8-21/h5-6,11-12H,3-4,7-10,13H2,1-2H3/b17-12+. The molecule has 0 spiro atoms. The molecule has 2 fully saturated rings. The summed E-state index contributed by atoms with van der Waals surface area (Å²) in [5.74, 6) is 0.855. The Morgan fingerprint density at radius 1 is 1.24 bits per heavy atom. The van der Waals surface area contributed by atoms with Crippen molar-refractivity contribution in [2.45, 2.75) is 13.8 Å². The highest BCUT2D eigenvalue weighted by Crippen LogP contribution is 2.34. The van der Waals surface area contributed by atoms with Crippen LogP contribution in [0.2, 0.25) is 0 Å². The molecule has 7 nitrogen and oxygen atoms in total. The Hall–Kier alpha value is -2.10. The fourth-order valence-electron chi connectivity index (χ4n) is 2.97. The van der Waals surface area contributed by atoms with E-state index in [1.165, 1.54) is 11.8 Å². The minimum atomic E-state index is -0.0862. The van der Waals surface area contributed by atoms with Gasteiger partial charge in [0.25, 0.3) is 11.8 Å². The van der Waals surface area contributed by atoms with Gasteiger partial charge in [-0.2, -0.15) is 0 Å². The van der Waals surface area contributed by atoms with Gasteiger partial charge in [0.15, 0.2) is 18.1 Å². The smallest absolute Gasteiger partial charge is 0.266 e. The molecule has 2 saturated heterocycles. The number of amides is 2. The van der Waals surface area contributed by atoms with E-state index < -0.39 is 0 Å². The van der Waals surface area contributed by atoms with Gasteiger partial charge in [0.2, 0.25) is 0 Å². The number of morpholine rings is 1. The predicted molar refractivity (Wildman–Crippen MR) is 116 cm³/mol. The van der Waals surface area contributed by atoms with E-state index in [2.05, 4.69) is 0 Å². The Morgan fingerprint density at radius 2 is 2.00 bits per heavy atom. The van der Waals surface area contributed by atoms with E-state index in [0.717, 1.165) is 5.56 Å². The van der Waals surface area contributed by atoms with Crippen molar-refractivity contribution in [3.63, 3.8) is 0 Å².